The van der Waals surface area contributed by atoms with Gasteiger partial charge in [-0.1, -0.05) is 443 Å². The third-order valence-electron chi connectivity index (χ3n) is 20.3. The van der Waals surface area contributed by atoms with E-state index in [-0.39, 0.29) is 18.5 Å². The molecule has 1 amide bonds. The fraction of sp³-hybridized carbons (Fsp3) is 0.953. The Balaban J connectivity index is 3.31. The first kappa shape index (κ1) is 89.6. The minimum Gasteiger partial charge on any atom is -0.466 e. The van der Waals surface area contributed by atoms with Gasteiger partial charge >= 0.3 is 5.97 Å². The topological polar surface area (TPSA) is 95.9 Å². The highest BCUT2D eigenvalue weighted by molar-refractivity contribution is 5.76. The number of nitrogens with one attached hydrogen (secondary N) is 1. The van der Waals surface area contributed by atoms with Gasteiger partial charge in [-0.25, -0.2) is 0 Å². The lowest BCUT2D eigenvalue weighted by Crippen LogP contribution is -2.45. The summed E-state index contributed by atoms with van der Waals surface area (Å²) in [5.41, 5.74) is 0. The number of ether oxygens (including phenoxy) is 1. The van der Waals surface area contributed by atoms with Crippen LogP contribution < -0.4 is 5.32 Å². The zero-order chi connectivity index (χ0) is 65.6. The Bertz CT molecular complexity index is 1380. The average Bonchev–Trinajstić information content (AvgIpc) is 3.68. The second-order valence-electron chi connectivity index (χ2n) is 29.5. The van der Waals surface area contributed by atoms with Crippen molar-refractivity contribution in [3.05, 3.63) is 12.2 Å². The number of aliphatic hydroxyl groups is 2. The maximum Gasteiger partial charge on any atom is 0.305 e. The first-order valence-corrected chi connectivity index (χ1v) is 42.4. The fourth-order valence-electron chi connectivity index (χ4n) is 13.9. The third kappa shape index (κ3) is 77.5. The van der Waals surface area contributed by atoms with Crippen LogP contribution in [0.4, 0.5) is 0 Å². The number of unbranched alkanes of at least 4 members (excludes halogenated alkanes) is 68. The number of amides is 1. The van der Waals surface area contributed by atoms with Gasteiger partial charge in [0.15, 0.2) is 0 Å². The maximum atomic E-state index is 12.6. The molecule has 6 heteroatoms. The van der Waals surface area contributed by atoms with Crippen molar-refractivity contribution in [1.29, 1.82) is 0 Å². The molecule has 3 N–H and O–H groups in total. The van der Waals surface area contributed by atoms with Crippen LogP contribution in [0.15, 0.2) is 12.2 Å². The van der Waals surface area contributed by atoms with Crippen molar-refractivity contribution in [3.8, 4) is 0 Å². The number of esters is 1. The molecule has 6 nitrogen and oxygen atoms in total. The van der Waals surface area contributed by atoms with Gasteiger partial charge in [0.05, 0.1) is 25.4 Å². The molecule has 2 unspecified atom stereocenters. The maximum absolute atomic E-state index is 12.6. The van der Waals surface area contributed by atoms with Gasteiger partial charge in [-0.05, 0) is 51.4 Å². The molecule has 2 atom stereocenters. The Kier molecular flexibility index (Phi) is 79.8. The molecule has 0 aromatic carbocycles. The van der Waals surface area contributed by atoms with E-state index < -0.39 is 12.1 Å². The molecule has 0 aliphatic carbocycles. The van der Waals surface area contributed by atoms with Crippen molar-refractivity contribution < 1.29 is 24.5 Å². The third-order valence-corrected chi connectivity index (χ3v) is 20.3. The highest BCUT2D eigenvalue weighted by atomic mass is 16.5. The van der Waals surface area contributed by atoms with E-state index in [0.29, 0.717) is 25.9 Å². The zero-order valence-electron chi connectivity index (χ0n) is 62.4. The molecule has 0 heterocycles. The van der Waals surface area contributed by atoms with Crippen LogP contribution in [0.25, 0.3) is 0 Å². The number of allylic oxidation sites excluding steroid dienone is 2. The number of carbonyl (C=O) groups excluding carboxylic acids is 2. The van der Waals surface area contributed by atoms with Crippen LogP contribution in [0, 0.1) is 0 Å². The SMILES string of the molecule is CCCCCC/C=C\CCCCCCCC(=O)OCCCCCCCCCCCCCCCCCCCCCCCCCCCCCCCCCCCCCCCC(=O)NC(CO)C(O)CCCCCCCCCCCCCCCCCCCCCCCCCC. The molecule has 0 radical (unpaired) electrons. The van der Waals surface area contributed by atoms with Gasteiger partial charge in [-0.15, -0.1) is 0 Å². The van der Waals surface area contributed by atoms with E-state index in [0.717, 1.165) is 44.9 Å². The monoisotopic (exact) mass is 1280 g/mol. The molecular formula is C85H167NO5. The van der Waals surface area contributed by atoms with Crippen molar-refractivity contribution >= 4 is 11.9 Å². The minimum absolute atomic E-state index is 0.0153. The van der Waals surface area contributed by atoms with Crippen molar-refractivity contribution in [2.75, 3.05) is 13.2 Å². The van der Waals surface area contributed by atoms with Crippen molar-refractivity contribution in [3.63, 3.8) is 0 Å². The minimum atomic E-state index is -0.661. The van der Waals surface area contributed by atoms with Gasteiger partial charge in [0.1, 0.15) is 0 Å². The summed E-state index contributed by atoms with van der Waals surface area (Å²) >= 11 is 0. The summed E-state index contributed by atoms with van der Waals surface area (Å²) in [7, 11) is 0. The molecule has 0 saturated carbocycles. The van der Waals surface area contributed by atoms with Gasteiger partial charge in [-0.2, -0.15) is 0 Å². The van der Waals surface area contributed by atoms with Gasteiger partial charge < -0.3 is 20.3 Å². The lowest BCUT2D eigenvalue weighted by atomic mass is 10.0. The number of rotatable bonds is 81. The summed E-state index contributed by atoms with van der Waals surface area (Å²) in [5, 5.41) is 23.5. The van der Waals surface area contributed by atoms with Crippen molar-refractivity contribution in [1.82, 2.24) is 5.32 Å². The molecule has 0 fully saturated rings. The number of hydrogen-bond donors (Lipinski definition) is 3. The van der Waals surface area contributed by atoms with Crippen LogP contribution in [0.5, 0.6) is 0 Å². The van der Waals surface area contributed by atoms with Crippen LogP contribution in [0.2, 0.25) is 0 Å². The van der Waals surface area contributed by atoms with E-state index >= 15 is 0 Å². The fourth-order valence-corrected chi connectivity index (χ4v) is 13.9. The summed E-state index contributed by atoms with van der Waals surface area (Å²) < 4.78 is 5.49. The number of carbonyl (C=O) groups is 2. The molecular weight excluding hydrogens is 1110 g/mol. The Labute approximate surface area is 571 Å². The van der Waals surface area contributed by atoms with Crippen LogP contribution in [0.3, 0.4) is 0 Å². The second-order valence-corrected chi connectivity index (χ2v) is 29.5. The van der Waals surface area contributed by atoms with Crippen LogP contribution in [-0.4, -0.2) is 47.4 Å². The van der Waals surface area contributed by atoms with E-state index in [1.807, 2.05) is 0 Å². The lowest BCUT2D eigenvalue weighted by Gasteiger charge is -2.22. The second kappa shape index (κ2) is 81.0. The summed E-state index contributed by atoms with van der Waals surface area (Å²) in [4.78, 5) is 24.6. The quantitative estimate of drug-likeness (QED) is 0.0320. The molecule has 91 heavy (non-hydrogen) atoms. The van der Waals surface area contributed by atoms with Crippen molar-refractivity contribution in [2.24, 2.45) is 0 Å². The van der Waals surface area contributed by atoms with Gasteiger partial charge in [0, 0.05) is 12.8 Å². The predicted octanol–water partition coefficient (Wildman–Crippen LogP) is 28.2. The molecule has 0 aliphatic rings. The smallest absolute Gasteiger partial charge is 0.305 e. The average molecular weight is 1280 g/mol. The molecule has 542 valence electrons. The number of hydrogen-bond acceptors (Lipinski definition) is 5. The highest BCUT2D eigenvalue weighted by Gasteiger charge is 2.20. The van der Waals surface area contributed by atoms with E-state index in [9.17, 15) is 19.8 Å². The zero-order valence-corrected chi connectivity index (χ0v) is 62.4. The summed E-state index contributed by atoms with van der Waals surface area (Å²) in [5.74, 6) is -0.00734. The molecule has 0 rings (SSSR count). The van der Waals surface area contributed by atoms with Gasteiger partial charge in [0.2, 0.25) is 5.91 Å². The molecule has 0 saturated heterocycles. The van der Waals surface area contributed by atoms with Crippen molar-refractivity contribution in [2.45, 2.75) is 508 Å². The van der Waals surface area contributed by atoms with E-state index in [4.69, 9.17) is 4.74 Å². The Hall–Kier alpha value is -1.40. The summed E-state index contributed by atoms with van der Waals surface area (Å²) in [6.07, 6.45) is 103. The van der Waals surface area contributed by atoms with Crippen LogP contribution in [-0.2, 0) is 14.3 Å². The normalized spacial score (nSPS) is 12.4. The Morgan fingerprint density at radius 3 is 0.791 bits per heavy atom. The summed E-state index contributed by atoms with van der Waals surface area (Å²) in [6, 6.07) is -0.538. The van der Waals surface area contributed by atoms with Crippen LogP contribution >= 0.6 is 0 Å². The van der Waals surface area contributed by atoms with Crippen LogP contribution in [0.1, 0.15) is 495 Å². The molecule has 0 aromatic rings. The van der Waals surface area contributed by atoms with Gasteiger partial charge in [0.25, 0.3) is 0 Å². The van der Waals surface area contributed by atoms with E-state index in [1.165, 1.54) is 417 Å². The lowest BCUT2D eigenvalue weighted by molar-refractivity contribution is -0.143. The molecule has 0 bridgehead atoms. The summed E-state index contributed by atoms with van der Waals surface area (Å²) in [6.45, 7) is 5.00. The molecule has 0 aromatic heterocycles. The standard InChI is InChI=1S/C85H167NO5/c1-3-5-7-9-11-13-15-17-18-19-20-21-22-38-41-44-47-50-54-57-61-65-69-73-77-83(88)82(81-87)86-84(89)78-74-70-66-62-58-55-51-48-45-42-39-36-34-32-30-28-26-24-23-25-27-29-31-33-35-37-40-43-46-49-52-56-60-64-68-72-76-80-91-85(90)79-75-71-67-63-59-53-16-14-12-10-8-6-4-2/h14,16,82-83,87-88H,3-13,15,17-81H2,1-2H3,(H,86,89)/b16-14-. The molecule has 0 spiro atoms. The first-order valence-electron chi connectivity index (χ1n) is 42.4. The molecule has 0 aliphatic heterocycles. The van der Waals surface area contributed by atoms with E-state index in [1.54, 1.807) is 0 Å². The Morgan fingerprint density at radius 1 is 0.297 bits per heavy atom. The van der Waals surface area contributed by atoms with Gasteiger partial charge in [-0.3, -0.25) is 9.59 Å². The highest BCUT2D eigenvalue weighted by Crippen LogP contribution is 2.21. The Morgan fingerprint density at radius 2 is 0.516 bits per heavy atom. The predicted molar refractivity (Wildman–Crippen MR) is 403 cm³/mol. The largest absolute Gasteiger partial charge is 0.466 e. The first-order chi connectivity index (χ1) is 45.0. The van der Waals surface area contributed by atoms with E-state index in [2.05, 4.69) is 31.3 Å². The number of aliphatic hydroxyl groups excluding tert-OH is 2.